The molecule has 12 heavy (non-hydrogen) atoms. The van der Waals surface area contributed by atoms with Crippen LogP contribution in [0.1, 0.15) is 44.9 Å². The average Bonchev–Trinajstić information content (AvgIpc) is 2.80. The zero-order valence-corrected chi connectivity index (χ0v) is 7.81. The van der Waals surface area contributed by atoms with Gasteiger partial charge in [0.1, 0.15) is 0 Å². The molecule has 0 atom stereocenters. The van der Waals surface area contributed by atoms with E-state index in [0.717, 1.165) is 17.4 Å². The van der Waals surface area contributed by atoms with E-state index in [2.05, 4.69) is 5.32 Å². The number of nitrogens with one attached hydrogen (secondary N) is 1. The van der Waals surface area contributed by atoms with Crippen LogP contribution in [0.2, 0.25) is 0 Å². The smallest absolute Gasteiger partial charge is 0.00673 e. The molecule has 0 bridgehead atoms. The first-order valence-corrected chi connectivity index (χ1v) is 5.62. The van der Waals surface area contributed by atoms with Crippen molar-refractivity contribution in [1.29, 1.82) is 0 Å². The van der Waals surface area contributed by atoms with Gasteiger partial charge in [0.2, 0.25) is 0 Å². The second-order valence-corrected chi connectivity index (χ2v) is 5.15. The molecule has 0 radical (unpaired) electrons. The minimum atomic E-state index is 0.815. The fourth-order valence-electron chi connectivity index (χ4n) is 2.55. The highest BCUT2D eigenvalue weighted by atomic mass is 15.0. The van der Waals surface area contributed by atoms with Crippen LogP contribution in [0.15, 0.2) is 0 Å². The zero-order chi connectivity index (χ0) is 8.02. The van der Waals surface area contributed by atoms with Crippen molar-refractivity contribution in [2.45, 2.75) is 51.0 Å². The predicted octanol–water partition coefficient (Wildman–Crippen LogP) is 2.32. The molecule has 68 valence electrons. The third-order valence-electron chi connectivity index (χ3n) is 4.18. The Morgan fingerprint density at radius 2 is 1.83 bits per heavy atom. The molecule has 0 heterocycles. The molecule has 0 aromatic heterocycles. The van der Waals surface area contributed by atoms with Crippen LogP contribution in [0.4, 0.5) is 0 Å². The van der Waals surface area contributed by atoms with E-state index < -0.39 is 0 Å². The van der Waals surface area contributed by atoms with Gasteiger partial charge < -0.3 is 5.32 Å². The Kier molecular flexibility index (Phi) is 1.52. The fourth-order valence-corrected chi connectivity index (χ4v) is 2.55. The van der Waals surface area contributed by atoms with E-state index in [9.17, 15) is 0 Å². The van der Waals surface area contributed by atoms with Crippen molar-refractivity contribution >= 4 is 0 Å². The van der Waals surface area contributed by atoms with Crippen molar-refractivity contribution in [3.63, 3.8) is 0 Å². The minimum absolute atomic E-state index is 0.815. The molecule has 3 rings (SSSR count). The topological polar surface area (TPSA) is 12.0 Å². The Morgan fingerprint density at radius 1 is 1.08 bits per heavy atom. The lowest BCUT2D eigenvalue weighted by Gasteiger charge is -2.29. The summed E-state index contributed by atoms with van der Waals surface area (Å²) in [5.74, 6) is 1.13. The summed E-state index contributed by atoms with van der Waals surface area (Å²) in [6.07, 6.45) is 10.5. The molecule has 0 amide bonds. The van der Waals surface area contributed by atoms with Gasteiger partial charge in [-0.3, -0.25) is 0 Å². The van der Waals surface area contributed by atoms with Gasteiger partial charge in [0, 0.05) is 12.6 Å². The van der Waals surface area contributed by atoms with Crippen molar-refractivity contribution in [3.8, 4) is 0 Å². The largest absolute Gasteiger partial charge is 0.313 e. The summed E-state index contributed by atoms with van der Waals surface area (Å²) >= 11 is 0. The van der Waals surface area contributed by atoms with Crippen LogP contribution in [0.3, 0.4) is 0 Å². The van der Waals surface area contributed by atoms with Crippen molar-refractivity contribution in [2.24, 2.45) is 11.3 Å². The monoisotopic (exact) mass is 165 g/mol. The molecule has 0 spiro atoms. The van der Waals surface area contributed by atoms with Crippen LogP contribution in [0, 0.1) is 11.3 Å². The molecule has 0 saturated heterocycles. The molecular weight excluding hydrogens is 146 g/mol. The van der Waals surface area contributed by atoms with Crippen molar-refractivity contribution in [3.05, 3.63) is 0 Å². The van der Waals surface area contributed by atoms with Gasteiger partial charge in [-0.1, -0.05) is 6.42 Å². The molecule has 3 fully saturated rings. The lowest BCUT2D eigenvalue weighted by molar-refractivity contribution is 0.295. The maximum Gasteiger partial charge on any atom is 0.00673 e. The molecule has 0 aliphatic heterocycles. The quantitative estimate of drug-likeness (QED) is 0.674. The van der Waals surface area contributed by atoms with Gasteiger partial charge in [-0.25, -0.2) is 0 Å². The van der Waals surface area contributed by atoms with Crippen LogP contribution >= 0.6 is 0 Å². The first-order valence-electron chi connectivity index (χ1n) is 5.62. The molecule has 3 saturated carbocycles. The standard InChI is InChI=1S/C11H19N/c1-2-10(3-1)12-8-11(6-7-11)9-4-5-9/h9-10,12H,1-8H2. The van der Waals surface area contributed by atoms with Gasteiger partial charge >= 0.3 is 0 Å². The summed E-state index contributed by atoms with van der Waals surface area (Å²) in [7, 11) is 0. The van der Waals surface area contributed by atoms with E-state index in [4.69, 9.17) is 0 Å². The summed E-state index contributed by atoms with van der Waals surface area (Å²) < 4.78 is 0. The zero-order valence-electron chi connectivity index (χ0n) is 7.81. The molecule has 3 aliphatic carbocycles. The molecule has 0 unspecified atom stereocenters. The van der Waals surface area contributed by atoms with Gasteiger partial charge in [-0.05, 0) is 49.9 Å². The summed E-state index contributed by atoms with van der Waals surface area (Å²) in [6, 6.07) is 0.904. The third kappa shape index (κ3) is 1.19. The van der Waals surface area contributed by atoms with Crippen molar-refractivity contribution in [1.82, 2.24) is 5.32 Å². The van der Waals surface area contributed by atoms with Crippen molar-refractivity contribution in [2.75, 3.05) is 6.54 Å². The van der Waals surface area contributed by atoms with Gasteiger partial charge in [0.05, 0.1) is 0 Å². The number of hydrogen-bond donors (Lipinski definition) is 1. The van der Waals surface area contributed by atoms with Crippen LogP contribution < -0.4 is 5.32 Å². The average molecular weight is 165 g/mol. The van der Waals surface area contributed by atoms with Gasteiger partial charge in [-0.2, -0.15) is 0 Å². The molecule has 0 aromatic carbocycles. The normalized spacial score (nSPS) is 33.0. The number of rotatable bonds is 4. The van der Waals surface area contributed by atoms with E-state index in [1.54, 1.807) is 0 Å². The lowest BCUT2D eigenvalue weighted by atomic mass is 9.91. The van der Waals surface area contributed by atoms with Crippen LogP contribution in [0.25, 0.3) is 0 Å². The Bertz CT molecular complexity index is 175. The highest BCUT2D eigenvalue weighted by Gasteiger charge is 2.53. The molecule has 0 aromatic rings. The SMILES string of the molecule is C1CC(NCC2(C3CC3)CC2)C1. The second kappa shape index (κ2) is 2.47. The fraction of sp³-hybridized carbons (Fsp3) is 1.00. The molecule has 1 heteroatoms. The van der Waals surface area contributed by atoms with E-state index in [1.165, 1.54) is 51.5 Å². The summed E-state index contributed by atoms with van der Waals surface area (Å²) in [4.78, 5) is 0. The first-order chi connectivity index (χ1) is 5.89. The Balaban J connectivity index is 1.47. The number of hydrogen-bond acceptors (Lipinski definition) is 1. The maximum absolute atomic E-state index is 3.74. The summed E-state index contributed by atoms with van der Waals surface area (Å²) in [5.41, 5.74) is 0.815. The van der Waals surface area contributed by atoms with E-state index >= 15 is 0 Å². The molecule has 1 nitrogen and oxygen atoms in total. The molecule has 3 aliphatic rings. The van der Waals surface area contributed by atoms with Crippen molar-refractivity contribution < 1.29 is 0 Å². The Hall–Kier alpha value is -0.0400. The highest BCUT2D eigenvalue weighted by molar-refractivity contribution is 5.05. The summed E-state index contributed by atoms with van der Waals surface area (Å²) in [5, 5.41) is 3.74. The maximum atomic E-state index is 3.74. The third-order valence-corrected chi connectivity index (χ3v) is 4.18. The Labute approximate surface area is 74.9 Å². The first kappa shape index (κ1) is 7.37. The summed E-state index contributed by atoms with van der Waals surface area (Å²) in [6.45, 7) is 1.35. The van der Waals surface area contributed by atoms with Gasteiger partial charge in [0.25, 0.3) is 0 Å². The van der Waals surface area contributed by atoms with Gasteiger partial charge in [-0.15, -0.1) is 0 Å². The predicted molar refractivity (Wildman–Crippen MR) is 50.0 cm³/mol. The minimum Gasteiger partial charge on any atom is -0.313 e. The van der Waals surface area contributed by atoms with Crippen LogP contribution in [-0.2, 0) is 0 Å². The highest BCUT2D eigenvalue weighted by Crippen LogP contribution is 2.60. The molecular formula is C11H19N. The van der Waals surface area contributed by atoms with Crippen LogP contribution in [-0.4, -0.2) is 12.6 Å². The van der Waals surface area contributed by atoms with Crippen LogP contribution in [0.5, 0.6) is 0 Å². The van der Waals surface area contributed by atoms with Gasteiger partial charge in [0.15, 0.2) is 0 Å². The van der Waals surface area contributed by atoms with E-state index in [-0.39, 0.29) is 0 Å². The second-order valence-electron chi connectivity index (χ2n) is 5.15. The lowest BCUT2D eigenvalue weighted by Crippen LogP contribution is -2.39. The van der Waals surface area contributed by atoms with E-state index in [1.807, 2.05) is 0 Å². The van der Waals surface area contributed by atoms with E-state index in [0.29, 0.717) is 0 Å². The molecule has 1 N–H and O–H groups in total. The Morgan fingerprint density at radius 3 is 2.25 bits per heavy atom.